The number of hydrogen-bond acceptors (Lipinski definition) is 3. The van der Waals surface area contributed by atoms with Gasteiger partial charge in [-0.1, -0.05) is 0 Å². The summed E-state index contributed by atoms with van der Waals surface area (Å²) in [6.07, 6.45) is 0.820. The van der Waals surface area contributed by atoms with Crippen LogP contribution in [0.15, 0.2) is 0 Å². The van der Waals surface area contributed by atoms with Crippen molar-refractivity contribution in [2.24, 2.45) is 0 Å². The molecule has 1 saturated heterocycles. The topological polar surface area (TPSA) is 70.5 Å². The maximum absolute atomic E-state index is 11.8. The summed E-state index contributed by atoms with van der Waals surface area (Å²) >= 11 is 0. The number of aryl methyl sites for hydroxylation is 2. The van der Waals surface area contributed by atoms with E-state index in [4.69, 9.17) is 0 Å². The molecule has 7 heteroatoms. The monoisotopic (exact) mass is 307 g/mol. The second-order valence-corrected chi connectivity index (χ2v) is 5.85. The molecule has 1 aromatic heterocycles. The molecular weight excluding hydrogens is 282 g/mol. The van der Waals surface area contributed by atoms with Crippen molar-refractivity contribution in [1.29, 1.82) is 0 Å². The van der Waals surface area contributed by atoms with Crippen molar-refractivity contribution >= 4 is 11.9 Å². The first-order chi connectivity index (χ1) is 10.4. The molecule has 0 radical (unpaired) electrons. The van der Waals surface area contributed by atoms with E-state index in [-0.39, 0.29) is 18.5 Å². The van der Waals surface area contributed by atoms with Crippen molar-refractivity contribution in [3.63, 3.8) is 0 Å². The Kier molecular flexibility index (Phi) is 5.05. The highest BCUT2D eigenvalue weighted by Crippen LogP contribution is 2.11. The zero-order valence-electron chi connectivity index (χ0n) is 13.8. The van der Waals surface area contributed by atoms with E-state index in [9.17, 15) is 9.59 Å². The van der Waals surface area contributed by atoms with Crippen molar-refractivity contribution in [2.75, 3.05) is 33.2 Å². The van der Waals surface area contributed by atoms with Crippen molar-refractivity contribution < 1.29 is 9.59 Å². The Bertz CT molecular complexity index is 567. The Morgan fingerprint density at radius 1 is 1.27 bits per heavy atom. The number of nitrogens with one attached hydrogen (secondary N) is 1. The molecule has 0 unspecified atom stereocenters. The van der Waals surface area contributed by atoms with Crippen LogP contribution in [0.5, 0.6) is 0 Å². The number of hydrogen-bond donors (Lipinski definition) is 1. The van der Waals surface area contributed by atoms with Crippen LogP contribution < -0.4 is 5.32 Å². The second-order valence-electron chi connectivity index (χ2n) is 5.85. The number of urea groups is 1. The lowest BCUT2D eigenvalue weighted by atomic mass is 10.2. The van der Waals surface area contributed by atoms with Gasteiger partial charge < -0.3 is 15.1 Å². The molecule has 0 spiro atoms. The lowest BCUT2D eigenvalue weighted by Gasteiger charge is -2.15. The van der Waals surface area contributed by atoms with Crippen LogP contribution in [0.2, 0.25) is 0 Å². The van der Waals surface area contributed by atoms with E-state index in [0.717, 1.165) is 18.7 Å². The van der Waals surface area contributed by atoms with Crippen LogP contribution in [-0.2, 0) is 11.3 Å². The average Bonchev–Trinajstić information content (AvgIpc) is 2.92. The Morgan fingerprint density at radius 3 is 2.55 bits per heavy atom. The number of carbonyl (C=O) groups excluding carboxylic acids is 2. The van der Waals surface area contributed by atoms with Gasteiger partial charge >= 0.3 is 6.03 Å². The lowest BCUT2D eigenvalue weighted by molar-refractivity contribution is -0.121. The van der Waals surface area contributed by atoms with Gasteiger partial charge in [0.05, 0.1) is 5.69 Å². The van der Waals surface area contributed by atoms with Crippen molar-refractivity contribution in [2.45, 2.75) is 33.7 Å². The smallest absolute Gasteiger partial charge is 0.320 e. The number of aromatic nitrogens is 2. The Morgan fingerprint density at radius 2 is 2.00 bits per heavy atom. The van der Waals surface area contributed by atoms with Gasteiger partial charge in [-0.15, -0.1) is 0 Å². The van der Waals surface area contributed by atoms with E-state index in [1.54, 1.807) is 16.8 Å². The van der Waals surface area contributed by atoms with E-state index in [1.165, 1.54) is 11.3 Å². The first-order valence-corrected chi connectivity index (χ1v) is 7.67. The van der Waals surface area contributed by atoms with Gasteiger partial charge in [-0.3, -0.25) is 9.48 Å². The molecular formula is C15H25N5O2. The van der Waals surface area contributed by atoms with Gasteiger partial charge in [0.1, 0.15) is 6.54 Å². The van der Waals surface area contributed by atoms with Gasteiger partial charge in [0.25, 0.3) is 0 Å². The van der Waals surface area contributed by atoms with E-state index < -0.39 is 0 Å². The minimum Gasteiger partial charge on any atom is -0.354 e. The standard InChI is InChI=1S/C15H25N5O2/c1-11-12(2)17-20(13(11)3)7-5-6-16-14(21)10-19-9-8-18(4)15(19)22/h5-10H2,1-4H3,(H,16,21). The number of likely N-dealkylation sites (N-methyl/N-ethyl adjacent to an activating group) is 1. The van der Waals surface area contributed by atoms with Crippen LogP contribution in [0, 0.1) is 20.8 Å². The fourth-order valence-corrected chi connectivity index (χ4v) is 2.54. The normalized spacial score (nSPS) is 14.8. The van der Waals surface area contributed by atoms with Gasteiger partial charge in [0, 0.05) is 38.9 Å². The zero-order chi connectivity index (χ0) is 16.3. The number of carbonyl (C=O) groups is 2. The molecule has 122 valence electrons. The molecule has 2 rings (SSSR count). The molecule has 0 bridgehead atoms. The Balaban J connectivity index is 1.69. The fraction of sp³-hybridized carbons (Fsp3) is 0.667. The maximum Gasteiger partial charge on any atom is 0.320 e. The molecule has 7 nitrogen and oxygen atoms in total. The maximum atomic E-state index is 11.8. The van der Waals surface area contributed by atoms with Crippen LogP contribution in [0.25, 0.3) is 0 Å². The molecule has 0 atom stereocenters. The van der Waals surface area contributed by atoms with E-state index >= 15 is 0 Å². The summed E-state index contributed by atoms with van der Waals surface area (Å²) < 4.78 is 1.98. The lowest BCUT2D eigenvalue weighted by Crippen LogP contribution is -2.39. The van der Waals surface area contributed by atoms with Crippen LogP contribution in [0.1, 0.15) is 23.4 Å². The SMILES string of the molecule is Cc1nn(CCCNC(=O)CN2CCN(C)C2=O)c(C)c1C. The summed E-state index contributed by atoms with van der Waals surface area (Å²) in [6, 6.07) is -0.0757. The largest absolute Gasteiger partial charge is 0.354 e. The third-order valence-corrected chi connectivity index (χ3v) is 4.25. The van der Waals surface area contributed by atoms with Gasteiger partial charge in [-0.2, -0.15) is 5.10 Å². The summed E-state index contributed by atoms with van der Waals surface area (Å²) in [5.41, 5.74) is 3.45. The highest BCUT2D eigenvalue weighted by Gasteiger charge is 2.26. The van der Waals surface area contributed by atoms with E-state index in [1.807, 2.05) is 11.6 Å². The molecule has 3 amide bonds. The minimum atomic E-state index is -0.104. The van der Waals surface area contributed by atoms with E-state index in [2.05, 4.69) is 24.3 Å². The average molecular weight is 307 g/mol. The minimum absolute atomic E-state index is 0.0757. The molecule has 0 saturated carbocycles. The molecule has 1 N–H and O–H groups in total. The van der Waals surface area contributed by atoms with E-state index in [0.29, 0.717) is 19.6 Å². The van der Waals surface area contributed by atoms with Crippen LogP contribution in [-0.4, -0.2) is 64.7 Å². The summed E-state index contributed by atoms with van der Waals surface area (Å²) in [5.74, 6) is -0.104. The van der Waals surface area contributed by atoms with Crippen LogP contribution in [0.4, 0.5) is 4.79 Å². The molecule has 2 heterocycles. The first-order valence-electron chi connectivity index (χ1n) is 7.67. The molecule has 22 heavy (non-hydrogen) atoms. The summed E-state index contributed by atoms with van der Waals surface area (Å²) in [7, 11) is 1.75. The predicted molar refractivity (Wildman–Crippen MR) is 83.7 cm³/mol. The number of rotatable bonds is 6. The summed E-state index contributed by atoms with van der Waals surface area (Å²) in [4.78, 5) is 26.7. The van der Waals surface area contributed by atoms with Crippen LogP contribution in [0.3, 0.4) is 0 Å². The molecule has 1 fully saturated rings. The molecule has 1 aliphatic heterocycles. The molecule has 1 aromatic rings. The second kappa shape index (κ2) is 6.81. The number of amides is 3. The third-order valence-electron chi connectivity index (χ3n) is 4.25. The fourth-order valence-electron chi connectivity index (χ4n) is 2.54. The van der Waals surface area contributed by atoms with Gasteiger partial charge in [-0.05, 0) is 32.8 Å². The quantitative estimate of drug-likeness (QED) is 0.786. The summed E-state index contributed by atoms with van der Waals surface area (Å²) in [6.45, 7) is 8.95. The summed E-state index contributed by atoms with van der Waals surface area (Å²) in [5, 5.41) is 7.34. The molecule has 0 aromatic carbocycles. The Hall–Kier alpha value is -2.05. The number of nitrogens with zero attached hydrogens (tertiary/aromatic N) is 4. The highest BCUT2D eigenvalue weighted by molar-refractivity contribution is 5.84. The van der Waals surface area contributed by atoms with Gasteiger partial charge in [-0.25, -0.2) is 4.79 Å². The highest BCUT2D eigenvalue weighted by atomic mass is 16.2. The Labute approximate surface area is 131 Å². The molecule has 1 aliphatic rings. The first kappa shape index (κ1) is 16.3. The zero-order valence-corrected chi connectivity index (χ0v) is 13.8. The van der Waals surface area contributed by atoms with Gasteiger partial charge in [0.2, 0.25) is 5.91 Å². The van der Waals surface area contributed by atoms with Crippen molar-refractivity contribution in [1.82, 2.24) is 24.9 Å². The predicted octanol–water partition coefficient (Wildman–Crippen LogP) is 0.682. The van der Waals surface area contributed by atoms with Crippen molar-refractivity contribution in [3.8, 4) is 0 Å². The van der Waals surface area contributed by atoms with Gasteiger partial charge in [0.15, 0.2) is 0 Å². The third kappa shape index (κ3) is 3.58. The van der Waals surface area contributed by atoms with Crippen LogP contribution >= 0.6 is 0 Å². The van der Waals surface area contributed by atoms with Crippen molar-refractivity contribution in [3.05, 3.63) is 17.0 Å². The molecule has 0 aliphatic carbocycles.